The largest absolute Gasteiger partial charge is 0.379 e. The Morgan fingerprint density at radius 2 is 1.71 bits per heavy atom. The van der Waals surface area contributed by atoms with E-state index in [0.29, 0.717) is 65.1 Å². The third-order valence-corrected chi connectivity index (χ3v) is 8.79. The number of aromatic amines is 1. The van der Waals surface area contributed by atoms with Gasteiger partial charge in [-0.1, -0.05) is 60.8 Å². The highest BCUT2D eigenvalue weighted by molar-refractivity contribution is 7.92. The van der Waals surface area contributed by atoms with E-state index in [1.807, 2.05) is 13.8 Å². The van der Waals surface area contributed by atoms with Crippen molar-refractivity contribution in [3.05, 3.63) is 78.9 Å². The average molecular weight is 676 g/mol. The first-order chi connectivity index (χ1) is 19.5. The summed E-state index contributed by atoms with van der Waals surface area (Å²) in [4.78, 5) is 22.9. The molecular weight excluding hydrogens is 646 g/mol. The average Bonchev–Trinajstić information content (AvgIpc) is 3.29. The van der Waals surface area contributed by atoms with Gasteiger partial charge in [0, 0.05) is 36.8 Å². The van der Waals surface area contributed by atoms with Gasteiger partial charge in [0.2, 0.25) is 10.0 Å². The van der Waals surface area contributed by atoms with E-state index in [2.05, 4.69) is 19.7 Å². The van der Waals surface area contributed by atoms with Gasteiger partial charge < -0.3 is 9.72 Å². The number of hydrogen-bond acceptors (Lipinski definition) is 7. The van der Waals surface area contributed by atoms with Gasteiger partial charge in [-0.15, -0.1) is 12.4 Å². The van der Waals surface area contributed by atoms with E-state index in [-0.39, 0.29) is 39.7 Å². The number of sulfonamides is 1. The topological polar surface area (TPSA) is 122 Å². The minimum Gasteiger partial charge on any atom is -0.379 e. The maximum Gasteiger partial charge on any atom is 0.262 e. The molecule has 1 aliphatic rings. The Kier molecular flexibility index (Phi) is 10.5. The molecule has 0 saturated carbocycles. The molecule has 0 atom stereocenters. The number of ether oxygens (including phenoxy) is 1. The zero-order valence-corrected chi connectivity index (χ0v) is 26.8. The molecule has 2 N–H and O–H groups in total. The van der Waals surface area contributed by atoms with Crippen LogP contribution in [0.25, 0.3) is 16.7 Å². The maximum absolute atomic E-state index is 13.2. The highest BCUT2D eigenvalue weighted by Crippen LogP contribution is 2.34. The lowest BCUT2D eigenvalue weighted by Gasteiger charge is -2.26. The lowest BCUT2D eigenvalue weighted by molar-refractivity contribution is 0.0408. The summed E-state index contributed by atoms with van der Waals surface area (Å²) in [7, 11) is -3.51. The highest BCUT2D eigenvalue weighted by atomic mass is 35.5. The standard InChI is InChI=1S/C27H29Cl3N6O4S.ClH/c1-16(2)24-23-26(36(33-24)25-20(29)14-18(28)15-21(25)30)31-22(32-27(23)37)13-17-3-5-19(6-4-17)34-41(38,39)12-9-35-7-10-40-11-8-35;/h3-6,14-16,34H,7-13H2,1-2H3,(H,31,32,37);1H. The number of nitrogens with one attached hydrogen (secondary N) is 2. The Balaban J connectivity index is 0.00000405. The van der Waals surface area contributed by atoms with Gasteiger partial charge in [0.05, 0.1) is 34.7 Å². The fraction of sp³-hybridized carbons (Fsp3) is 0.370. The van der Waals surface area contributed by atoms with E-state index >= 15 is 0 Å². The lowest BCUT2D eigenvalue weighted by atomic mass is 10.1. The van der Waals surface area contributed by atoms with Crippen LogP contribution in [0, 0.1) is 0 Å². The number of benzene rings is 2. The summed E-state index contributed by atoms with van der Waals surface area (Å²) in [6, 6.07) is 10.1. The summed E-state index contributed by atoms with van der Waals surface area (Å²) in [5.74, 6) is 0.328. The Morgan fingerprint density at radius 3 is 2.33 bits per heavy atom. The molecule has 1 saturated heterocycles. The van der Waals surface area contributed by atoms with Gasteiger partial charge in [-0.2, -0.15) is 5.10 Å². The van der Waals surface area contributed by atoms with Crippen LogP contribution in [0.3, 0.4) is 0 Å². The van der Waals surface area contributed by atoms with Gasteiger partial charge in [-0.05, 0) is 35.7 Å². The number of halogens is 4. The SMILES string of the molecule is CC(C)c1nn(-c2c(Cl)cc(Cl)cc2Cl)c2nc(Cc3ccc(NS(=O)(=O)CCN4CCOCC4)cc3)[nH]c(=O)c12.Cl. The number of aromatic nitrogens is 4. The Morgan fingerprint density at radius 1 is 1.07 bits per heavy atom. The molecule has 15 heteroatoms. The molecule has 1 fully saturated rings. The van der Waals surface area contributed by atoms with Crippen LogP contribution >= 0.6 is 47.2 Å². The number of nitrogens with zero attached hydrogens (tertiary/aromatic N) is 4. The molecule has 0 amide bonds. The normalized spacial score (nSPS) is 14.3. The van der Waals surface area contributed by atoms with Crippen LogP contribution in [0.5, 0.6) is 0 Å². The van der Waals surface area contributed by atoms with Gasteiger partial charge >= 0.3 is 0 Å². The number of rotatable bonds is 9. The molecule has 42 heavy (non-hydrogen) atoms. The quantitative estimate of drug-likeness (QED) is 0.248. The van der Waals surface area contributed by atoms with Crippen LogP contribution in [-0.2, 0) is 21.2 Å². The van der Waals surface area contributed by atoms with Crippen LogP contribution in [0.4, 0.5) is 5.69 Å². The predicted octanol–water partition coefficient (Wildman–Crippen LogP) is 5.28. The molecule has 10 nitrogen and oxygen atoms in total. The summed E-state index contributed by atoms with van der Waals surface area (Å²) >= 11 is 19.1. The molecule has 1 aliphatic heterocycles. The monoisotopic (exact) mass is 674 g/mol. The Labute approximate surface area is 264 Å². The molecule has 0 spiro atoms. The number of H-pyrrole nitrogens is 1. The molecule has 0 bridgehead atoms. The Hall–Kier alpha value is -2.38. The molecule has 2 aromatic heterocycles. The van der Waals surface area contributed by atoms with E-state index < -0.39 is 10.0 Å². The second-order valence-electron chi connectivity index (χ2n) is 10.1. The number of anilines is 1. The first-order valence-corrected chi connectivity index (χ1v) is 15.9. The van der Waals surface area contributed by atoms with E-state index in [1.54, 1.807) is 36.4 Å². The van der Waals surface area contributed by atoms with Gasteiger partial charge in [0.1, 0.15) is 16.9 Å². The van der Waals surface area contributed by atoms with Crippen molar-refractivity contribution in [1.82, 2.24) is 24.6 Å². The minimum atomic E-state index is -3.51. The van der Waals surface area contributed by atoms with Crippen molar-refractivity contribution in [2.75, 3.05) is 43.3 Å². The highest BCUT2D eigenvalue weighted by Gasteiger charge is 2.23. The summed E-state index contributed by atoms with van der Waals surface area (Å²) in [6.07, 6.45) is 0.291. The maximum atomic E-state index is 13.2. The van der Waals surface area contributed by atoms with Gasteiger partial charge in [-0.3, -0.25) is 14.4 Å². The van der Waals surface area contributed by atoms with Crippen molar-refractivity contribution < 1.29 is 13.2 Å². The first-order valence-electron chi connectivity index (χ1n) is 13.1. The zero-order chi connectivity index (χ0) is 29.3. The fourth-order valence-electron chi connectivity index (χ4n) is 4.67. The van der Waals surface area contributed by atoms with Gasteiger partial charge in [0.15, 0.2) is 5.65 Å². The van der Waals surface area contributed by atoms with Crippen molar-refractivity contribution in [3.8, 4) is 5.69 Å². The molecule has 4 aromatic rings. The number of fused-ring (bicyclic) bond motifs is 1. The molecule has 5 rings (SSSR count). The molecule has 0 radical (unpaired) electrons. The van der Waals surface area contributed by atoms with Crippen molar-refractivity contribution >= 4 is 74.0 Å². The second kappa shape index (κ2) is 13.5. The smallest absolute Gasteiger partial charge is 0.262 e. The van der Waals surface area contributed by atoms with Crippen LogP contribution in [0.2, 0.25) is 15.1 Å². The molecule has 0 unspecified atom stereocenters. The summed E-state index contributed by atoms with van der Waals surface area (Å²) in [6.45, 7) is 7.00. The van der Waals surface area contributed by atoms with Crippen molar-refractivity contribution in [2.45, 2.75) is 26.2 Å². The molecular formula is C27H30Cl4N6O4S. The van der Waals surface area contributed by atoms with Crippen LogP contribution in [0.15, 0.2) is 41.2 Å². The van der Waals surface area contributed by atoms with Crippen LogP contribution in [0.1, 0.15) is 36.8 Å². The molecule has 0 aliphatic carbocycles. The number of hydrogen-bond donors (Lipinski definition) is 2. The minimum absolute atomic E-state index is 0. The van der Waals surface area contributed by atoms with Gasteiger partial charge in [0.25, 0.3) is 5.56 Å². The number of morpholine rings is 1. The molecule has 226 valence electrons. The van der Waals surface area contributed by atoms with Crippen molar-refractivity contribution in [3.63, 3.8) is 0 Å². The molecule has 3 heterocycles. The van der Waals surface area contributed by atoms with Crippen LogP contribution < -0.4 is 10.3 Å². The molecule has 2 aromatic carbocycles. The fourth-order valence-corrected chi connectivity index (χ4v) is 6.74. The Bertz CT molecular complexity index is 1710. The zero-order valence-electron chi connectivity index (χ0n) is 22.9. The van der Waals surface area contributed by atoms with Crippen LogP contribution in [-0.4, -0.2) is 71.7 Å². The lowest BCUT2D eigenvalue weighted by Crippen LogP contribution is -2.39. The van der Waals surface area contributed by atoms with E-state index in [4.69, 9.17) is 44.5 Å². The summed E-state index contributed by atoms with van der Waals surface area (Å²) in [5, 5.41) is 5.93. The van der Waals surface area contributed by atoms with Crippen molar-refractivity contribution in [2.24, 2.45) is 0 Å². The van der Waals surface area contributed by atoms with E-state index in [1.165, 1.54) is 4.68 Å². The third-order valence-electron chi connectivity index (χ3n) is 6.73. The van der Waals surface area contributed by atoms with Crippen molar-refractivity contribution in [1.29, 1.82) is 0 Å². The predicted molar refractivity (Wildman–Crippen MR) is 170 cm³/mol. The first kappa shape index (κ1) is 32.5. The summed E-state index contributed by atoms with van der Waals surface area (Å²) in [5.41, 5.74) is 2.21. The van der Waals surface area contributed by atoms with Gasteiger partial charge in [-0.25, -0.2) is 18.1 Å². The van der Waals surface area contributed by atoms with E-state index in [0.717, 1.165) is 18.7 Å². The van der Waals surface area contributed by atoms with E-state index in [9.17, 15) is 13.2 Å². The summed E-state index contributed by atoms with van der Waals surface area (Å²) < 4.78 is 34.6. The second-order valence-corrected chi connectivity index (χ2v) is 13.2. The third kappa shape index (κ3) is 7.39.